The van der Waals surface area contributed by atoms with E-state index in [1.165, 1.54) is 148 Å². The van der Waals surface area contributed by atoms with Crippen LogP contribution in [0.1, 0.15) is 184 Å². The first kappa shape index (κ1) is 92.3. The predicted octanol–water partition coefficient (Wildman–Crippen LogP) is 17.9. The number of amides is 6. The normalized spacial score (nSPS) is 12.8. The third kappa shape index (κ3) is 28.8. The van der Waals surface area contributed by atoms with E-state index in [0.717, 1.165) is 109 Å². The molecule has 5 atom stereocenters. The Balaban J connectivity index is 0.000000150. The number of aryl methyl sites for hydroxylation is 4. The lowest BCUT2D eigenvalue weighted by molar-refractivity contribution is -0.120. The second-order valence-corrected chi connectivity index (χ2v) is 36.4. The van der Waals surface area contributed by atoms with E-state index >= 15 is 0 Å². The molecule has 1 aliphatic carbocycles. The molecule has 0 radical (unpaired) electrons. The number of nitrogens with zero attached hydrogens (tertiary/aromatic N) is 13. The first-order chi connectivity index (χ1) is 59.3. The molecule has 6 amide bonds. The number of rotatable bonds is 29. The third-order valence-electron chi connectivity index (χ3n) is 18.9. The Labute approximate surface area is 746 Å². The number of carbonyl (C=O) groups is 6. The molecule has 1 aliphatic rings. The van der Waals surface area contributed by atoms with E-state index in [0.29, 0.717) is 48.7 Å². The molecule has 0 aliphatic heterocycles. The second-order valence-electron chi connectivity index (χ2n) is 29.3. The highest BCUT2D eigenvalue weighted by Crippen LogP contribution is 2.55. The molecule has 0 saturated heterocycles. The summed E-state index contributed by atoms with van der Waals surface area (Å²) in [5.41, 5.74) is 16.6. The standard InChI is InChI=1S/C22H22ClN3OS.C18H18N4OS.C17H21FN4O2S.2C16H16N4OS2/c1-14-3-5-16(6-4-14)13-19(24-15(2)27)20-25-26-21(28-20)22(11-12-22)17-7-9-18(23)10-8-17;1-12-6-8-14(9-7-12)11-16(20-13(2)23)18-22-21-17(24-18)15-5-3-4-10-19-15;1-11(23)19-10-4-3-5-15(20-12(2)24)17-22-21-16(25-17)13-6-8-14(18)9-7-13;1-10-3-5-12(6-4-10)7-13(18-11(2)21)15-19-20-16(23-15)14-8-22-9-17-14;1-10-3-5-12(6-4-10)7-13(18-11(2)21)15-19-20-16(23-15)14-8-17-9-22-14/h3-10,19H,11-13H2,1-2H3,(H,24,27);3-10,16H,11H2,1-2H3,(H,20,23);6-9,15H,3-5,10H2,1-2H3,(H,19,23)(H,20,24);2*3-6,8-9,13H,7H2,1-2H3,(H,18,21). The maximum absolute atomic E-state index is 13.0. The van der Waals surface area contributed by atoms with Gasteiger partial charge in [-0.15, -0.1) is 73.7 Å². The maximum Gasteiger partial charge on any atom is 0.217 e. The van der Waals surface area contributed by atoms with Crippen molar-refractivity contribution in [2.45, 2.75) is 163 Å². The Morgan fingerprint density at radius 2 is 0.837 bits per heavy atom. The Morgan fingerprint density at radius 3 is 1.25 bits per heavy atom. The summed E-state index contributed by atoms with van der Waals surface area (Å²) in [7, 11) is 0. The molecule has 1 saturated carbocycles. The molecule has 6 aromatic carbocycles. The first-order valence-corrected chi connectivity index (χ1v) is 45.8. The summed E-state index contributed by atoms with van der Waals surface area (Å²) in [6, 6.07) is 52.1. The molecular weight excluding hydrogens is 1710 g/mol. The summed E-state index contributed by atoms with van der Waals surface area (Å²) >= 11 is 16.5. The number of halogens is 2. The Bertz CT molecular complexity index is 5560. The van der Waals surface area contributed by atoms with Crippen LogP contribution in [0.25, 0.3) is 41.9 Å². The fourth-order valence-electron chi connectivity index (χ4n) is 12.6. The van der Waals surface area contributed by atoms with Gasteiger partial charge >= 0.3 is 0 Å². The van der Waals surface area contributed by atoms with Gasteiger partial charge in [0.15, 0.2) is 15.0 Å². The van der Waals surface area contributed by atoms with Crippen molar-refractivity contribution in [1.29, 1.82) is 0 Å². The lowest BCUT2D eigenvalue weighted by atomic mass is 9.97. The topological polar surface area (TPSA) is 342 Å². The van der Waals surface area contributed by atoms with Crippen molar-refractivity contribution < 1.29 is 33.2 Å². The van der Waals surface area contributed by atoms with E-state index in [9.17, 15) is 33.2 Å². The molecule has 34 heteroatoms. The maximum atomic E-state index is 13.0. The van der Waals surface area contributed by atoms with Gasteiger partial charge in [0.25, 0.3) is 0 Å². The molecule has 8 aromatic heterocycles. The Hall–Kier alpha value is -11.4. The van der Waals surface area contributed by atoms with Gasteiger partial charge in [0, 0.05) is 81.9 Å². The minimum atomic E-state index is -0.302. The van der Waals surface area contributed by atoms with E-state index in [1.54, 1.807) is 53.8 Å². The van der Waals surface area contributed by atoms with Crippen LogP contribution in [0.5, 0.6) is 0 Å². The molecule has 636 valence electrons. The van der Waals surface area contributed by atoms with Crippen molar-refractivity contribution in [3.8, 4) is 41.9 Å². The summed E-state index contributed by atoms with van der Waals surface area (Å²) in [4.78, 5) is 82.4. The zero-order chi connectivity index (χ0) is 87.4. The van der Waals surface area contributed by atoms with Gasteiger partial charge in [0.2, 0.25) is 35.4 Å². The van der Waals surface area contributed by atoms with Crippen LogP contribution in [0, 0.1) is 33.5 Å². The third-order valence-corrected chi connectivity index (χ3v) is 26.2. The lowest BCUT2D eigenvalue weighted by Crippen LogP contribution is -2.27. The van der Waals surface area contributed by atoms with Crippen LogP contribution in [-0.2, 0) is 59.9 Å². The zero-order valence-electron chi connectivity index (χ0n) is 69.3. The van der Waals surface area contributed by atoms with Crippen LogP contribution in [0.4, 0.5) is 4.39 Å². The summed E-state index contributed by atoms with van der Waals surface area (Å²) in [5, 5.41) is 71.1. The van der Waals surface area contributed by atoms with Gasteiger partial charge in [-0.3, -0.25) is 38.7 Å². The minimum Gasteiger partial charge on any atom is -0.356 e. The molecule has 0 bridgehead atoms. The van der Waals surface area contributed by atoms with E-state index in [2.05, 4.69) is 235 Å². The fourth-order valence-corrected chi connectivity index (χ4v) is 18.7. The zero-order valence-corrected chi connectivity index (χ0v) is 75.8. The van der Waals surface area contributed by atoms with Crippen molar-refractivity contribution in [1.82, 2.24) is 97.8 Å². The number of pyridine rings is 1. The summed E-state index contributed by atoms with van der Waals surface area (Å²) in [5.74, 6) is -0.779. The highest BCUT2D eigenvalue weighted by molar-refractivity contribution is 7.20. The molecular formula is C89H93ClFN19O6S7. The summed E-state index contributed by atoms with van der Waals surface area (Å²) < 4.78 is 13.0. The van der Waals surface area contributed by atoms with Gasteiger partial charge < -0.3 is 31.9 Å². The van der Waals surface area contributed by atoms with Gasteiger partial charge in [-0.25, -0.2) is 9.37 Å². The number of unbranched alkanes of at least 4 members (excludes halogenated alkanes) is 1. The molecule has 5 unspecified atom stereocenters. The number of aromatic nitrogens is 13. The predicted molar refractivity (Wildman–Crippen MR) is 487 cm³/mol. The average Bonchev–Trinajstić information content (AvgIpc) is 1.58. The molecule has 0 spiro atoms. The van der Waals surface area contributed by atoms with Crippen molar-refractivity contribution in [3.63, 3.8) is 0 Å². The van der Waals surface area contributed by atoms with Gasteiger partial charge in [0.1, 0.15) is 52.3 Å². The fraction of sp³-hybridized carbons (Fsp3) is 0.292. The molecule has 15 rings (SSSR count). The van der Waals surface area contributed by atoms with Crippen molar-refractivity contribution in [3.05, 3.63) is 284 Å². The molecule has 25 nitrogen and oxygen atoms in total. The number of carbonyl (C=O) groups excluding carboxylic acids is 6. The lowest BCUT2D eigenvalue weighted by Gasteiger charge is -2.15. The molecule has 1 fully saturated rings. The molecule has 6 N–H and O–H groups in total. The van der Waals surface area contributed by atoms with Crippen molar-refractivity contribution in [2.24, 2.45) is 0 Å². The average molecular weight is 1800 g/mol. The van der Waals surface area contributed by atoms with Crippen molar-refractivity contribution >= 4 is 126 Å². The SMILES string of the molecule is CC(=O)NC(Cc1ccc(C)cc1)c1nnc(-c2ccccn2)s1.CC(=O)NC(Cc1ccc(C)cc1)c1nnc(-c2cncs2)s1.CC(=O)NC(Cc1ccc(C)cc1)c1nnc(-c2cscn2)s1.CC(=O)NC(Cc1ccc(C)cc1)c1nnc(C2(c3ccc(Cl)cc3)CC2)s1.CC(=O)NCCCCC(NC(C)=O)c1nnc(-c2ccc(F)cc2)s1. The van der Waals surface area contributed by atoms with Crippen LogP contribution in [-0.4, -0.2) is 108 Å². The second kappa shape index (κ2) is 45.6. The monoisotopic (exact) mass is 1800 g/mol. The van der Waals surface area contributed by atoms with E-state index in [-0.39, 0.29) is 76.9 Å². The molecule has 14 aromatic rings. The van der Waals surface area contributed by atoms with Crippen LogP contribution in [0.3, 0.4) is 0 Å². The van der Waals surface area contributed by atoms with Gasteiger partial charge in [-0.1, -0.05) is 206 Å². The quantitative estimate of drug-likeness (QED) is 0.0237. The first-order valence-electron chi connectivity index (χ1n) is 39.5. The van der Waals surface area contributed by atoms with Crippen molar-refractivity contribution in [2.75, 3.05) is 6.54 Å². The largest absolute Gasteiger partial charge is 0.356 e. The summed E-state index contributed by atoms with van der Waals surface area (Å²) in [6.07, 6.45) is 10.7. The number of hydrogen-bond acceptors (Lipinski definition) is 26. The van der Waals surface area contributed by atoms with Gasteiger partial charge in [0.05, 0.1) is 46.1 Å². The van der Waals surface area contributed by atoms with E-state index < -0.39 is 0 Å². The molecule has 123 heavy (non-hydrogen) atoms. The van der Waals surface area contributed by atoms with Gasteiger partial charge in [-0.05, 0) is 162 Å². The Kier molecular flexibility index (Phi) is 34.2. The van der Waals surface area contributed by atoms with Crippen LogP contribution in [0.15, 0.2) is 193 Å². The van der Waals surface area contributed by atoms with Crippen LogP contribution >= 0.6 is 91.0 Å². The van der Waals surface area contributed by atoms with Gasteiger partial charge in [-0.2, -0.15) is 0 Å². The highest BCUT2D eigenvalue weighted by atomic mass is 35.5. The van der Waals surface area contributed by atoms with E-state index in [4.69, 9.17) is 11.6 Å². The minimum absolute atomic E-state index is 0.0496. The number of thiazole rings is 2. The van der Waals surface area contributed by atoms with Crippen LogP contribution in [0.2, 0.25) is 5.02 Å². The number of benzene rings is 6. The smallest absolute Gasteiger partial charge is 0.217 e. The van der Waals surface area contributed by atoms with Crippen LogP contribution < -0.4 is 31.9 Å². The highest BCUT2D eigenvalue weighted by Gasteiger charge is 2.49. The van der Waals surface area contributed by atoms with E-state index in [1.807, 2.05) is 35.7 Å². The number of nitrogens with one attached hydrogen (secondary N) is 6. The summed E-state index contributed by atoms with van der Waals surface area (Å²) in [6.45, 7) is 17.9. The Morgan fingerprint density at radius 1 is 0.423 bits per heavy atom. The molecule has 8 heterocycles. The number of hydrogen-bond donors (Lipinski definition) is 6.